The number of benzene rings is 1. The molecule has 0 radical (unpaired) electrons. The van der Waals surface area contributed by atoms with E-state index in [-0.39, 0.29) is 0 Å². The Kier molecular flexibility index (Phi) is 6.76. The molecule has 0 fully saturated rings. The van der Waals surface area contributed by atoms with E-state index >= 15 is 0 Å². The molecule has 1 aromatic carbocycles. The van der Waals surface area contributed by atoms with Crippen LogP contribution >= 0.6 is 34.4 Å². The van der Waals surface area contributed by atoms with Gasteiger partial charge in [-0.3, -0.25) is 0 Å². The molecule has 21 heavy (non-hydrogen) atoms. The Hall–Kier alpha value is -0.820. The Balaban J connectivity index is 2.41. The first-order valence-electron chi connectivity index (χ1n) is 7.19. The molecule has 0 unspecified atom stereocenters. The van der Waals surface area contributed by atoms with E-state index < -0.39 is 0 Å². The van der Waals surface area contributed by atoms with E-state index in [0.717, 1.165) is 50.9 Å². The fraction of sp³-hybridized carbons (Fsp3) is 0.375. The van der Waals surface area contributed by atoms with Crippen LogP contribution in [0.15, 0.2) is 30.3 Å². The number of hydrogen-bond acceptors (Lipinski definition) is 4. The summed E-state index contributed by atoms with van der Waals surface area (Å²) in [5.74, 6) is 3.79. The predicted molar refractivity (Wildman–Crippen MR) is 101 cm³/mol. The third kappa shape index (κ3) is 4.57. The van der Waals surface area contributed by atoms with Gasteiger partial charge in [-0.2, -0.15) is 11.8 Å². The monoisotopic (exact) mass is 413 g/mol. The Morgan fingerprint density at radius 2 is 1.90 bits per heavy atom. The van der Waals surface area contributed by atoms with Crippen LogP contribution in [0.5, 0.6) is 0 Å². The number of hydrogen-bond donors (Lipinski definition) is 1. The Bertz CT molecular complexity index is 575. The maximum Gasteiger partial charge on any atom is 0.143 e. The lowest BCUT2D eigenvalue weighted by Crippen LogP contribution is -2.09. The van der Waals surface area contributed by atoms with Crippen LogP contribution < -0.4 is 5.32 Å². The molecule has 1 aromatic heterocycles. The number of thioether (sulfide) groups is 1. The molecular formula is C16H20IN3S. The maximum absolute atomic E-state index is 4.77. The minimum absolute atomic E-state index is 0.855. The van der Waals surface area contributed by atoms with Crippen LogP contribution in [0.25, 0.3) is 11.3 Å². The minimum atomic E-state index is 0.855. The summed E-state index contributed by atoms with van der Waals surface area (Å²) in [6.07, 6.45) is 1.08. The summed E-state index contributed by atoms with van der Waals surface area (Å²) in [5, 5.41) is 3.42. The molecule has 2 rings (SSSR count). The van der Waals surface area contributed by atoms with E-state index in [1.54, 1.807) is 0 Å². The summed E-state index contributed by atoms with van der Waals surface area (Å²) in [5.41, 5.74) is 2.17. The Labute approximate surface area is 144 Å². The summed E-state index contributed by atoms with van der Waals surface area (Å²) in [6, 6.07) is 10.3. The molecule has 0 saturated heterocycles. The lowest BCUT2D eigenvalue weighted by molar-refractivity contribution is 0.948. The van der Waals surface area contributed by atoms with Crippen molar-refractivity contribution in [2.75, 3.05) is 17.6 Å². The topological polar surface area (TPSA) is 37.8 Å². The SMILES string of the molecule is CCCNc1nc(CSCC)nc(-c2ccccc2)c1I. The third-order valence-corrected chi connectivity index (χ3v) is 4.81. The van der Waals surface area contributed by atoms with Crippen molar-refractivity contribution < 1.29 is 0 Å². The molecular weight excluding hydrogens is 393 g/mol. The van der Waals surface area contributed by atoms with Gasteiger partial charge >= 0.3 is 0 Å². The van der Waals surface area contributed by atoms with Gasteiger partial charge in [-0.15, -0.1) is 0 Å². The van der Waals surface area contributed by atoms with Gasteiger partial charge in [0.15, 0.2) is 0 Å². The van der Waals surface area contributed by atoms with Gasteiger partial charge in [-0.25, -0.2) is 9.97 Å². The van der Waals surface area contributed by atoms with Crippen LogP contribution in [0.1, 0.15) is 26.1 Å². The molecule has 3 nitrogen and oxygen atoms in total. The van der Waals surface area contributed by atoms with Gasteiger partial charge in [0.1, 0.15) is 11.6 Å². The van der Waals surface area contributed by atoms with E-state index in [9.17, 15) is 0 Å². The van der Waals surface area contributed by atoms with Crippen LogP contribution in [0.4, 0.5) is 5.82 Å². The zero-order valence-corrected chi connectivity index (χ0v) is 15.4. The van der Waals surface area contributed by atoms with Gasteiger partial charge < -0.3 is 5.32 Å². The van der Waals surface area contributed by atoms with Crippen LogP contribution in [0.2, 0.25) is 0 Å². The van der Waals surface area contributed by atoms with Crippen molar-refractivity contribution in [3.63, 3.8) is 0 Å². The van der Waals surface area contributed by atoms with Crippen molar-refractivity contribution in [2.24, 2.45) is 0 Å². The van der Waals surface area contributed by atoms with Crippen LogP contribution in [0.3, 0.4) is 0 Å². The second kappa shape index (κ2) is 8.58. The molecule has 1 N–H and O–H groups in total. The normalized spacial score (nSPS) is 10.6. The Morgan fingerprint density at radius 3 is 2.57 bits per heavy atom. The lowest BCUT2D eigenvalue weighted by Gasteiger charge is -2.13. The van der Waals surface area contributed by atoms with Gasteiger partial charge in [0.05, 0.1) is 15.0 Å². The van der Waals surface area contributed by atoms with Crippen molar-refractivity contribution in [1.29, 1.82) is 0 Å². The number of rotatable bonds is 7. The molecule has 0 atom stereocenters. The molecule has 0 amide bonds. The average molecular weight is 413 g/mol. The summed E-state index contributed by atoms with van der Waals surface area (Å²) >= 11 is 4.19. The van der Waals surface area contributed by atoms with Crippen LogP contribution in [-0.2, 0) is 5.75 Å². The van der Waals surface area contributed by atoms with Crippen molar-refractivity contribution in [1.82, 2.24) is 9.97 Å². The highest BCUT2D eigenvalue weighted by molar-refractivity contribution is 14.1. The Morgan fingerprint density at radius 1 is 1.14 bits per heavy atom. The van der Waals surface area contributed by atoms with Crippen LogP contribution in [-0.4, -0.2) is 22.3 Å². The summed E-state index contributed by atoms with van der Waals surface area (Å²) in [4.78, 5) is 9.45. The van der Waals surface area contributed by atoms with Gasteiger partial charge in [0.2, 0.25) is 0 Å². The fourth-order valence-electron chi connectivity index (χ4n) is 1.90. The fourth-order valence-corrected chi connectivity index (χ4v) is 3.16. The average Bonchev–Trinajstić information content (AvgIpc) is 2.53. The number of aromatic nitrogens is 2. The summed E-state index contributed by atoms with van der Waals surface area (Å²) < 4.78 is 1.09. The van der Waals surface area contributed by atoms with Crippen LogP contribution in [0, 0.1) is 3.57 Å². The maximum atomic E-state index is 4.77. The second-order valence-electron chi connectivity index (χ2n) is 4.58. The highest BCUT2D eigenvalue weighted by Crippen LogP contribution is 2.28. The first kappa shape index (κ1) is 16.5. The van der Waals surface area contributed by atoms with E-state index in [4.69, 9.17) is 4.98 Å². The van der Waals surface area contributed by atoms with Gasteiger partial charge in [0, 0.05) is 12.1 Å². The van der Waals surface area contributed by atoms with Crippen molar-refractivity contribution in [2.45, 2.75) is 26.0 Å². The highest BCUT2D eigenvalue weighted by atomic mass is 127. The van der Waals surface area contributed by atoms with Gasteiger partial charge in [0.25, 0.3) is 0 Å². The number of nitrogens with one attached hydrogen (secondary N) is 1. The molecule has 0 aliphatic carbocycles. The van der Waals surface area contributed by atoms with E-state index in [0.29, 0.717) is 0 Å². The smallest absolute Gasteiger partial charge is 0.143 e. The van der Waals surface area contributed by atoms with Crippen molar-refractivity contribution >= 4 is 40.2 Å². The molecule has 1 heterocycles. The zero-order valence-electron chi connectivity index (χ0n) is 12.4. The van der Waals surface area contributed by atoms with Gasteiger partial charge in [-0.1, -0.05) is 44.2 Å². The summed E-state index contributed by atoms with van der Waals surface area (Å²) in [7, 11) is 0. The number of halogens is 1. The first-order valence-corrected chi connectivity index (χ1v) is 9.43. The lowest BCUT2D eigenvalue weighted by atomic mass is 10.1. The highest BCUT2D eigenvalue weighted by Gasteiger charge is 2.13. The predicted octanol–water partition coefficient (Wildman–Crippen LogP) is 4.82. The number of nitrogens with zero attached hydrogens (tertiary/aromatic N) is 2. The molecule has 0 bridgehead atoms. The van der Waals surface area contributed by atoms with E-state index in [2.05, 4.69) is 58.9 Å². The van der Waals surface area contributed by atoms with Crippen molar-refractivity contribution in [3.05, 3.63) is 39.7 Å². The molecule has 5 heteroatoms. The molecule has 0 saturated carbocycles. The van der Waals surface area contributed by atoms with Crippen molar-refractivity contribution in [3.8, 4) is 11.3 Å². The zero-order chi connectivity index (χ0) is 15.1. The van der Waals surface area contributed by atoms with E-state index in [1.165, 1.54) is 0 Å². The van der Waals surface area contributed by atoms with E-state index in [1.807, 2.05) is 30.0 Å². The standard InChI is InChI=1S/C16H20IN3S/c1-3-10-18-16-14(17)15(12-8-6-5-7-9-12)19-13(20-16)11-21-4-2/h5-9H,3-4,10-11H2,1-2H3,(H,18,19,20). The molecule has 0 spiro atoms. The molecule has 0 aliphatic rings. The molecule has 0 aliphatic heterocycles. The summed E-state index contributed by atoms with van der Waals surface area (Å²) in [6.45, 7) is 5.25. The molecule has 2 aromatic rings. The third-order valence-electron chi connectivity index (χ3n) is 2.92. The second-order valence-corrected chi connectivity index (χ2v) is 6.93. The minimum Gasteiger partial charge on any atom is -0.369 e. The first-order chi connectivity index (χ1) is 10.3. The quantitative estimate of drug-likeness (QED) is 0.661. The molecule has 112 valence electrons. The number of anilines is 1. The largest absolute Gasteiger partial charge is 0.369 e. The van der Waals surface area contributed by atoms with Gasteiger partial charge in [-0.05, 0) is 34.8 Å².